The minimum Gasteiger partial charge on any atom is -0.366 e. The van der Waals surface area contributed by atoms with Crippen LogP contribution in [-0.4, -0.2) is 20.2 Å². The maximum atomic E-state index is 12.5. The highest BCUT2D eigenvalue weighted by Crippen LogP contribution is 2.29. The lowest BCUT2D eigenvalue weighted by Crippen LogP contribution is -2.18. The third-order valence-corrected chi connectivity index (χ3v) is 5.15. The molecule has 0 aliphatic carbocycles. The second kappa shape index (κ2) is 7.74. The maximum Gasteiger partial charge on any atom is 0.255 e. The zero-order valence-electron chi connectivity index (χ0n) is 15.0. The second-order valence-corrected chi connectivity index (χ2v) is 7.65. The molecule has 3 aromatic carbocycles. The number of nitrogens with one attached hydrogen (secondary N) is 1. The molecule has 0 heterocycles. The molecule has 3 aromatic rings. The molecule has 0 aromatic heterocycles. The number of hydrogen-bond acceptors (Lipinski definition) is 4. The van der Waals surface area contributed by atoms with Crippen LogP contribution in [0.4, 0.5) is 5.69 Å². The number of rotatable bonds is 5. The van der Waals surface area contributed by atoms with Crippen LogP contribution in [0.2, 0.25) is 0 Å². The fourth-order valence-electron chi connectivity index (χ4n) is 2.81. The van der Waals surface area contributed by atoms with Crippen LogP contribution in [-0.2, 0) is 15.1 Å². The molecule has 147 valence electrons. The van der Waals surface area contributed by atoms with E-state index in [1.165, 1.54) is 36.4 Å². The zero-order valence-corrected chi connectivity index (χ0v) is 15.8. The highest BCUT2D eigenvalue weighted by atomic mass is 32.2. The molecular weight excluding hydrogens is 394 g/mol. The standard InChI is InChI=1S/C20H16N3O5S/c21-19(25)15-5-3-6-16(24)18(15)23-20(26)13-10-8-12(9-11-13)14-4-1-2-7-17(14)29(22,27)28/h1-11H,(H2,21,25)(H,23,26)(H2,22,27,28). The Hall–Kier alpha value is -3.69. The Labute approximate surface area is 166 Å². The van der Waals surface area contributed by atoms with Crippen LogP contribution in [0.25, 0.3) is 11.1 Å². The van der Waals surface area contributed by atoms with Gasteiger partial charge in [0.15, 0.2) is 0 Å². The number of carbonyl (C=O) groups is 2. The van der Waals surface area contributed by atoms with Gasteiger partial charge in [-0.05, 0) is 35.9 Å². The quantitative estimate of drug-likeness (QED) is 0.591. The predicted molar refractivity (Wildman–Crippen MR) is 106 cm³/mol. The Kier molecular flexibility index (Phi) is 5.35. The monoisotopic (exact) mass is 410 g/mol. The van der Waals surface area contributed by atoms with Gasteiger partial charge in [0.05, 0.1) is 10.5 Å². The van der Waals surface area contributed by atoms with E-state index in [4.69, 9.17) is 10.9 Å². The van der Waals surface area contributed by atoms with Gasteiger partial charge in [-0.15, -0.1) is 0 Å². The van der Waals surface area contributed by atoms with E-state index in [1.807, 2.05) is 0 Å². The van der Waals surface area contributed by atoms with Crippen molar-refractivity contribution in [3.8, 4) is 16.9 Å². The van der Waals surface area contributed by atoms with Crippen molar-refractivity contribution >= 4 is 27.5 Å². The molecule has 0 atom stereocenters. The largest absolute Gasteiger partial charge is 0.366 e. The first-order chi connectivity index (χ1) is 13.7. The van der Waals surface area contributed by atoms with E-state index in [0.717, 1.165) is 0 Å². The van der Waals surface area contributed by atoms with Crippen molar-refractivity contribution in [2.24, 2.45) is 10.9 Å². The van der Waals surface area contributed by atoms with Crippen LogP contribution >= 0.6 is 0 Å². The van der Waals surface area contributed by atoms with Gasteiger partial charge in [-0.2, -0.15) is 0 Å². The Morgan fingerprint density at radius 1 is 0.862 bits per heavy atom. The van der Waals surface area contributed by atoms with E-state index < -0.39 is 27.6 Å². The average molecular weight is 410 g/mol. The zero-order chi connectivity index (χ0) is 21.2. The molecule has 0 aliphatic heterocycles. The van der Waals surface area contributed by atoms with Gasteiger partial charge >= 0.3 is 0 Å². The number of hydrogen-bond donors (Lipinski definition) is 3. The van der Waals surface area contributed by atoms with Crippen molar-refractivity contribution < 1.29 is 23.1 Å². The van der Waals surface area contributed by atoms with Crippen molar-refractivity contribution in [1.29, 1.82) is 0 Å². The van der Waals surface area contributed by atoms with Crippen molar-refractivity contribution in [3.05, 3.63) is 77.9 Å². The number of sulfonamides is 1. The first-order valence-corrected chi connectivity index (χ1v) is 9.86. The summed E-state index contributed by atoms with van der Waals surface area (Å²) in [7, 11) is -3.92. The molecule has 0 unspecified atom stereocenters. The number of nitrogens with two attached hydrogens (primary N) is 2. The molecule has 0 spiro atoms. The van der Waals surface area contributed by atoms with Crippen LogP contribution < -0.4 is 16.2 Å². The average Bonchev–Trinajstić information content (AvgIpc) is 2.68. The van der Waals surface area contributed by atoms with Crippen LogP contribution in [0.5, 0.6) is 5.75 Å². The summed E-state index contributed by atoms with van der Waals surface area (Å²) in [6.45, 7) is 0. The Morgan fingerprint density at radius 3 is 2.14 bits per heavy atom. The fraction of sp³-hybridized carbons (Fsp3) is 0. The van der Waals surface area contributed by atoms with Crippen molar-refractivity contribution in [2.75, 3.05) is 5.32 Å². The van der Waals surface area contributed by atoms with Gasteiger partial charge in [0.25, 0.3) is 11.8 Å². The molecule has 9 heteroatoms. The molecule has 2 amide bonds. The first-order valence-electron chi connectivity index (χ1n) is 8.32. The van der Waals surface area contributed by atoms with E-state index in [2.05, 4.69) is 5.32 Å². The summed E-state index contributed by atoms with van der Waals surface area (Å²) in [5.41, 5.74) is 6.07. The number of carbonyl (C=O) groups excluding carboxylic acids is 2. The maximum absolute atomic E-state index is 12.5. The number of amides is 2. The highest BCUT2D eigenvalue weighted by Gasteiger charge is 2.18. The van der Waals surface area contributed by atoms with Crippen molar-refractivity contribution in [1.82, 2.24) is 0 Å². The third kappa shape index (κ3) is 4.26. The molecule has 0 saturated heterocycles. The smallest absolute Gasteiger partial charge is 0.255 e. The topological polar surface area (TPSA) is 152 Å². The summed E-state index contributed by atoms with van der Waals surface area (Å²) in [6.07, 6.45) is 0. The molecule has 0 saturated carbocycles. The molecule has 0 fully saturated rings. The molecule has 8 nitrogen and oxygen atoms in total. The molecule has 5 N–H and O–H groups in total. The van der Waals surface area contributed by atoms with Crippen LogP contribution in [0.1, 0.15) is 20.7 Å². The van der Waals surface area contributed by atoms with Gasteiger partial charge < -0.3 is 11.1 Å². The van der Waals surface area contributed by atoms with E-state index in [-0.39, 0.29) is 21.7 Å². The summed E-state index contributed by atoms with van der Waals surface area (Å²) < 4.78 is 23.5. The molecule has 0 bridgehead atoms. The number of primary sulfonamides is 1. The third-order valence-electron chi connectivity index (χ3n) is 4.18. The lowest BCUT2D eigenvalue weighted by atomic mass is 10.0. The van der Waals surface area contributed by atoms with E-state index >= 15 is 0 Å². The SMILES string of the molecule is NC(=O)c1cccc([O])c1NC(=O)c1ccc(-c2ccccc2S(N)(=O)=O)cc1. The predicted octanol–water partition coefficient (Wildman–Crippen LogP) is 2.50. The highest BCUT2D eigenvalue weighted by molar-refractivity contribution is 7.89. The fourth-order valence-corrected chi connectivity index (χ4v) is 3.57. The summed E-state index contributed by atoms with van der Waals surface area (Å²) in [5.74, 6) is -2.01. The van der Waals surface area contributed by atoms with Crippen molar-refractivity contribution in [2.45, 2.75) is 4.90 Å². The van der Waals surface area contributed by atoms with Gasteiger partial charge in [-0.3, -0.25) is 14.7 Å². The molecular formula is C20H16N3O5S. The second-order valence-electron chi connectivity index (χ2n) is 6.12. The Morgan fingerprint density at radius 2 is 1.52 bits per heavy atom. The van der Waals surface area contributed by atoms with E-state index in [9.17, 15) is 23.1 Å². The summed E-state index contributed by atoms with van der Waals surface area (Å²) in [6, 6.07) is 16.2. The van der Waals surface area contributed by atoms with Gasteiger partial charge in [0, 0.05) is 11.1 Å². The van der Waals surface area contributed by atoms with E-state index in [0.29, 0.717) is 11.1 Å². The summed E-state index contributed by atoms with van der Waals surface area (Å²) in [4.78, 5) is 23.9. The van der Waals surface area contributed by atoms with Crippen LogP contribution in [0.15, 0.2) is 71.6 Å². The Bertz CT molecular complexity index is 1210. The summed E-state index contributed by atoms with van der Waals surface area (Å²) >= 11 is 0. The lowest BCUT2D eigenvalue weighted by molar-refractivity contribution is 0.100. The number of anilines is 1. The first kappa shape index (κ1) is 20.1. The van der Waals surface area contributed by atoms with Crippen LogP contribution in [0.3, 0.4) is 0 Å². The van der Waals surface area contributed by atoms with E-state index in [1.54, 1.807) is 30.3 Å². The van der Waals surface area contributed by atoms with Gasteiger partial charge in [0.2, 0.25) is 15.8 Å². The lowest BCUT2D eigenvalue weighted by Gasteiger charge is -2.11. The van der Waals surface area contributed by atoms with Gasteiger partial charge in [-0.25, -0.2) is 13.6 Å². The minimum absolute atomic E-state index is 0.0383. The number of primary amides is 1. The Balaban J connectivity index is 1.91. The minimum atomic E-state index is -3.92. The molecule has 1 radical (unpaired) electrons. The van der Waals surface area contributed by atoms with Crippen molar-refractivity contribution in [3.63, 3.8) is 0 Å². The van der Waals surface area contributed by atoms with Crippen LogP contribution in [0, 0.1) is 0 Å². The number of benzene rings is 3. The molecule has 29 heavy (non-hydrogen) atoms. The number of para-hydroxylation sites is 1. The van der Waals surface area contributed by atoms with Gasteiger partial charge in [0.1, 0.15) is 5.69 Å². The molecule has 3 rings (SSSR count). The molecule has 0 aliphatic rings. The normalized spacial score (nSPS) is 11.1. The van der Waals surface area contributed by atoms with Gasteiger partial charge in [-0.1, -0.05) is 36.4 Å². The summed E-state index contributed by atoms with van der Waals surface area (Å²) in [5, 5.41) is 19.6.